The minimum atomic E-state index is -0.0693. The Bertz CT molecular complexity index is 935. The molecule has 0 unspecified atom stereocenters. The molecule has 158 valence electrons. The Labute approximate surface area is 179 Å². The van der Waals surface area contributed by atoms with Crippen LogP contribution >= 0.6 is 0 Å². The van der Waals surface area contributed by atoms with Gasteiger partial charge in [0.25, 0.3) is 0 Å². The Morgan fingerprint density at radius 2 is 1.80 bits per heavy atom. The number of ether oxygens (including phenoxy) is 2. The molecule has 0 aromatic heterocycles. The fraction of sp³-hybridized carbons (Fsp3) is 0.519. The van der Waals surface area contributed by atoms with Gasteiger partial charge in [-0.05, 0) is 85.6 Å². The first-order valence-electron chi connectivity index (χ1n) is 11.6. The average Bonchev–Trinajstić information content (AvgIpc) is 3.07. The first-order chi connectivity index (χ1) is 14.6. The molecule has 2 fully saturated rings. The molecule has 3 aliphatic carbocycles. The Morgan fingerprint density at radius 3 is 2.60 bits per heavy atom. The van der Waals surface area contributed by atoms with Crippen molar-refractivity contribution in [3.05, 3.63) is 59.2 Å². The topological polar surface area (TPSA) is 35.5 Å². The molecule has 0 amide bonds. The molecule has 0 aliphatic heterocycles. The summed E-state index contributed by atoms with van der Waals surface area (Å²) in [6, 6.07) is 14.8. The van der Waals surface area contributed by atoms with Crippen LogP contribution in [0.15, 0.2) is 42.5 Å². The average molecular weight is 405 g/mol. The number of aryl methyl sites for hydroxylation is 1. The van der Waals surface area contributed by atoms with Crippen molar-refractivity contribution in [3.8, 4) is 11.5 Å². The molecule has 0 heterocycles. The lowest BCUT2D eigenvalue weighted by Gasteiger charge is -2.48. The van der Waals surface area contributed by atoms with Crippen LogP contribution in [-0.4, -0.2) is 12.4 Å². The van der Waals surface area contributed by atoms with Crippen molar-refractivity contribution >= 4 is 5.78 Å². The van der Waals surface area contributed by atoms with Crippen molar-refractivity contribution in [2.45, 2.75) is 64.9 Å². The molecule has 3 aliphatic rings. The van der Waals surface area contributed by atoms with Crippen LogP contribution in [0.3, 0.4) is 0 Å². The van der Waals surface area contributed by atoms with Crippen molar-refractivity contribution in [2.24, 2.45) is 17.3 Å². The van der Waals surface area contributed by atoms with E-state index in [0.717, 1.165) is 49.2 Å². The zero-order chi connectivity index (χ0) is 20.7. The van der Waals surface area contributed by atoms with Crippen LogP contribution in [0.5, 0.6) is 11.5 Å². The highest BCUT2D eigenvalue weighted by Crippen LogP contribution is 2.60. The summed E-state index contributed by atoms with van der Waals surface area (Å²) < 4.78 is 12.2. The quantitative estimate of drug-likeness (QED) is 0.605. The number of benzene rings is 2. The van der Waals surface area contributed by atoms with Gasteiger partial charge in [0.2, 0.25) is 0 Å². The zero-order valence-corrected chi connectivity index (χ0v) is 18.2. The first-order valence-corrected chi connectivity index (χ1v) is 11.6. The van der Waals surface area contributed by atoms with Crippen LogP contribution in [0, 0.1) is 17.3 Å². The third-order valence-electron chi connectivity index (χ3n) is 8.04. The maximum absolute atomic E-state index is 12.6. The predicted octanol–water partition coefficient (Wildman–Crippen LogP) is 6.09. The van der Waals surface area contributed by atoms with Crippen LogP contribution in [0.1, 0.15) is 68.6 Å². The highest BCUT2D eigenvalue weighted by molar-refractivity contribution is 5.87. The summed E-state index contributed by atoms with van der Waals surface area (Å²) >= 11 is 0. The van der Waals surface area contributed by atoms with Gasteiger partial charge in [-0.25, -0.2) is 0 Å². The Hall–Kier alpha value is -2.29. The van der Waals surface area contributed by atoms with E-state index >= 15 is 0 Å². The third kappa shape index (κ3) is 3.23. The molecule has 0 bridgehead atoms. The molecule has 5 rings (SSSR count). The molecule has 0 saturated heterocycles. The molecule has 0 N–H and O–H groups in total. The van der Waals surface area contributed by atoms with Crippen molar-refractivity contribution in [1.29, 1.82) is 0 Å². The number of hydrogen-bond donors (Lipinski definition) is 0. The van der Waals surface area contributed by atoms with Gasteiger partial charge in [0.1, 0.15) is 12.4 Å². The zero-order valence-electron chi connectivity index (χ0n) is 18.2. The Kier molecular flexibility index (Phi) is 5.08. The normalized spacial score (nSPS) is 29.7. The second-order valence-corrected chi connectivity index (χ2v) is 9.54. The number of carbonyl (C=O) groups excluding carboxylic acids is 1. The maximum atomic E-state index is 12.6. The summed E-state index contributed by atoms with van der Waals surface area (Å²) in [7, 11) is 0. The highest BCUT2D eigenvalue weighted by Gasteiger charge is 2.54. The van der Waals surface area contributed by atoms with E-state index in [2.05, 4.69) is 31.2 Å². The number of carbonyl (C=O) groups is 1. The summed E-state index contributed by atoms with van der Waals surface area (Å²) in [4.78, 5) is 12.6. The molecule has 2 saturated carbocycles. The molecule has 0 spiro atoms. The van der Waals surface area contributed by atoms with Crippen molar-refractivity contribution in [3.63, 3.8) is 0 Å². The van der Waals surface area contributed by atoms with Crippen LogP contribution in [0.4, 0.5) is 0 Å². The fourth-order valence-corrected chi connectivity index (χ4v) is 6.47. The van der Waals surface area contributed by atoms with Crippen LogP contribution < -0.4 is 9.47 Å². The summed E-state index contributed by atoms with van der Waals surface area (Å²) in [5.41, 5.74) is 3.95. The van der Waals surface area contributed by atoms with Crippen LogP contribution in [0.2, 0.25) is 0 Å². The molecular weight excluding hydrogens is 372 g/mol. The van der Waals surface area contributed by atoms with Crippen LogP contribution in [0.25, 0.3) is 0 Å². The minimum absolute atomic E-state index is 0.0693. The molecule has 30 heavy (non-hydrogen) atoms. The maximum Gasteiger partial charge on any atom is 0.161 e. The van der Waals surface area contributed by atoms with Gasteiger partial charge < -0.3 is 9.47 Å². The van der Waals surface area contributed by atoms with Gasteiger partial charge in [-0.2, -0.15) is 0 Å². The molecule has 3 nitrogen and oxygen atoms in total. The SMILES string of the molecule is CCOc1cc2c(cc1OCc1ccccc1)CC[C@@H]1[C@@H]2CC[C@]2(C)C(=O)CC[C@@H]12. The van der Waals surface area contributed by atoms with Gasteiger partial charge in [0.15, 0.2) is 11.5 Å². The van der Waals surface area contributed by atoms with E-state index in [1.807, 2.05) is 25.1 Å². The van der Waals surface area contributed by atoms with Gasteiger partial charge >= 0.3 is 0 Å². The lowest BCUT2D eigenvalue weighted by atomic mass is 9.55. The van der Waals surface area contributed by atoms with Crippen molar-refractivity contribution in [1.82, 2.24) is 0 Å². The minimum Gasteiger partial charge on any atom is -0.490 e. The smallest absolute Gasteiger partial charge is 0.161 e. The number of rotatable bonds is 5. The first kappa shape index (κ1) is 19.7. The van der Waals surface area contributed by atoms with E-state index in [0.29, 0.717) is 36.8 Å². The van der Waals surface area contributed by atoms with Gasteiger partial charge in [-0.1, -0.05) is 37.3 Å². The second-order valence-electron chi connectivity index (χ2n) is 9.54. The van der Waals surface area contributed by atoms with E-state index < -0.39 is 0 Å². The lowest BCUT2D eigenvalue weighted by molar-refractivity contribution is -0.129. The molecule has 4 atom stereocenters. The van der Waals surface area contributed by atoms with Crippen molar-refractivity contribution in [2.75, 3.05) is 6.61 Å². The summed E-state index contributed by atoms with van der Waals surface area (Å²) in [5, 5.41) is 0. The Balaban J connectivity index is 1.43. The van der Waals surface area contributed by atoms with E-state index in [1.54, 1.807) is 0 Å². The van der Waals surface area contributed by atoms with E-state index in [1.165, 1.54) is 17.5 Å². The number of Topliss-reactive ketones (excluding diaryl/α,β-unsaturated/α-hetero) is 1. The number of hydrogen-bond acceptors (Lipinski definition) is 3. The van der Waals surface area contributed by atoms with Crippen LogP contribution in [-0.2, 0) is 17.8 Å². The number of fused-ring (bicyclic) bond motifs is 5. The summed E-state index contributed by atoms with van der Waals surface area (Å²) in [6.07, 6.45) is 6.29. The predicted molar refractivity (Wildman–Crippen MR) is 118 cm³/mol. The van der Waals surface area contributed by atoms with E-state index in [-0.39, 0.29) is 5.41 Å². The van der Waals surface area contributed by atoms with Gasteiger partial charge in [-0.3, -0.25) is 4.79 Å². The van der Waals surface area contributed by atoms with E-state index in [9.17, 15) is 4.79 Å². The molecular formula is C27H32O3. The lowest BCUT2D eigenvalue weighted by Crippen LogP contribution is -2.42. The monoisotopic (exact) mass is 404 g/mol. The Morgan fingerprint density at radius 1 is 1.00 bits per heavy atom. The summed E-state index contributed by atoms with van der Waals surface area (Å²) in [5.74, 6) is 3.98. The fourth-order valence-electron chi connectivity index (χ4n) is 6.47. The molecule has 2 aromatic carbocycles. The second kappa shape index (κ2) is 7.76. The van der Waals surface area contributed by atoms with Gasteiger partial charge in [-0.15, -0.1) is 0 Å². The molecule has 2 aromatic rings. The third-order valence-corrected chi connectivity index (χ3v) is 8.04. The summed E-state index contributed by atoms with van der Waals surface area (Å²) in [6.45, 7) is 5.45. The van der Waals surface area contributed by atoms with Crippen molar-refractivity contribution < 1.29 is 14.3 Å². The standard InChI is InChI=1S/C27H32O3/c1-3-29-25-16-22-19(15-24(25)30-17-18-7-5-4-6-8-18)9-10-21-20(22)13-14-27(2)23(21)11-12-26(27)28/h4-8,15-16,20-21,23H,3,9-14,17H2,1-2H3/t20-,21+,23-,27-/m0/s1. The largest absolute Gasteiger partial charge is 0.490 e. The number of ketones is 1. The van der Waals surface area contributed by atoms with Gasteiger partial charge in [0.05, 0.1) is 6.61 Å². The molecule has 0 radical (unpaired) electrons. The highest BCUT2D eigenvalue weighted by atomic mass is 16.5. The van der Waals surface area contributed by atoms with E-state index in [4.69, 9.17) is 9.47 Å². The van der Waals surface area contributed by atoms with Gasteiger partial charge in [0, 0.05) is 11.8 Å². The molecule has 3 heteroatoms.